The van der Waals surface area contributed by atoms with E-state index in [-0.39, 0.29) is 27.8 Å². The lowest BCUT2D eigenvalue weighted by atomic mass is 10.0. The van der Waals surface area contributed by atoms with E-state index < -0.39 is 11.7 Å². The summed E-state index contributed by atoms with van der Waals surface area (Å²) in [5.74, 6) is 0.160. The highest BCUT2D eigenvalue weighted by atomic mass is 35.5. The molecule has 0 aromatic carbocycles. The summed E-state index contributed by atoms with van der Waals surface area (Å²) in [6, 6.07) is 0.815. The number of halogens is 4. The minimum Gasteiger partial charge on any atom is -0.298 e. The molecule has 2 heterocycles. The summed E-state index contributed by atoms with van der Waals surface area (Å²) in [7, 11) is 0. The molecule has 2 rings (SSSR count). The molecular weight excluding hydrogens is 295 g/mol. The molecule has 0 unspecified atom stereocenters. The van der Waals surface area contributed by atoms with Crippen LogP contribution in [0.3, 0.4) is 0 Å². The van der Waals surface area contributed by atoms with E-state index in [2.05, 4.69) is 15.0 Å². The highest BCUT2D eigenvalue weighted by molar-refractivity contribution is 6.32. The molecule has 0 aliphatic heterocycles. The molecule has 4 nitrogen and oxygen atoms in total. The Bertz CT molecular complexity index is 673. The third kappa shape index (κ3) is 2.62. The van der Waals surface area contributed by atoms with Crippen LogP contribution in [0.25, 0.3) is 11.3 Å². The first-order valence-corrected chi connectivity index (χ1v) is 5.73. The lowest BCUT2D eigenvalue weighted by Gasteiger charge is -2.13. The van der Waals surface area contributed by atoms with Crippen LogP contribution in [0.5, 0.6) is 0 Å². The second-order valence-electron chi connectivity index (χ2n) is 3.86. The molecule has 0 N–H and O–H groups in total. The number of hydrogen-bond acceptors (Lipinski definition) is 4. The standard InChI is InChI=1S/C12H7ClF3N3O/c1-6-18-10(8(5-20)11(13)19-6)7-4-17-3-2-9(7)12(14,15)16/h2-5H,1H3. The van der Waals surface area contributed by atoms with Crippen LogP contribution in [0.1, 0.15) is 21.7 Å². The summed E-state index contributed by atoms with van der Waals surface area (Å²) in [5, 5.41) is -0.195. The molecule has 0 bridgehead atoms. The van der Waals surface area contributed by atoms with Gasteiger partial charge in [-0.15, -0.1) is 0 Å². The third-order valence-electron chi connectivity index (χ3n) is 2.51. The van der Waals surface area contributed by atoms with Gasteiger partial charge in [-0.1, -0.05) is 11.6 Å². The van der Waals surface area contributed by atoms with Gasteiger partial charge >= 0.3 is 6.18 Å². The van der Waals surface area contributed by atoms with E-state index in [1.165, 1.54) is 6.92 Å². The number of carbonyl (C=O) groups is 1. The van der Waals surface area contributed by atoms with Gasteiger partial charge in [0.05, 0.1) is 16.8 Å². The second kappa shape index (κ2) is 5.16. The molecule has 0 saturated heterocycles. The van der Waals surface area contributed by atoms with E-state index in [0.29, 0.717) is 6.29 Å². The molecule has 104 valence electrons. The summed E-state index contributed by atoms with van der Waals surface area (Å²) < 4.78 is 38.9. The molecule has 0 aliphatic rings. The van der Waals surface area contributed by atoms with Crippen molar-refractivity contribution in [3.63, 3.8) is 0 Å². The van der Waals surface area contributed by atoms with Gasteiger partial charge in [0.2, 0.25) is 0 Å². The molecule has 0 saturated carbocycles. The zero-order valence-electron chi connectivity index (χ0n) is 10.1. The second-order valence-corrected chi connectivity index (χ2v) is 4.22. The average Bonchev–Trinajstić information content (AvgIpc) is 2.37. The Morgan fingerprint density at radius 1 is 1.30 bits per heavy atom. The summed E-state index contributed by atoms with van der Waals surface area (Å²) in [5.41, 5.74) is -1.63. The largest absolute Gasteiger partial charge is 0.417 e. The van der Waals surface area contributed by atoms with Gasteiger partial charge in [0.1, 0.15) is 11.0 Å². The third-order valence-corrected chi connectivity index (χ3v) is 2.80. The maximum absolute atomic E-state index is 13.0. The highest BCUT2D eigenvalue weighted by Crippen LogP contribution is 2.37. The molecule has 0 amide bonds. The minimum absolute atomic E-state index is 0.160. The van der Waals surface area contributed by atoms with Crippen LogP contribution in [0.2, 0.25) is 5.15 Å². The van der Waals surface area contributed by atoms with Gasteiger partial charge in [0, 0.05) is 18.0 Å². The molecular formula is C12H7ClF3N3O. The van der Waals surface area contributed by atoms with Crippen molar-refractivity contribution in [3.8, 4) is 11.3 Å². The first-order chi connectivity index (χ1) is 9.34. The Hall–Kier alpha value is -2.02. The van der Waals surface area contributed by atoms with Gasteiger partial charge in [-0.3, -0.25) is 9.78 Å². The number of rotatable bonds is 2. The van der Waals surface area contributed by atoms with Crippen molar-refractivity contribution < 1.29 is 18.0 Å². The van der Waals surface area contributed by atoms with Crippen LogP contribution in [-0.2, 0) is 6.18 Å². The van der Waals surface area contributed by atoms with Gasteiger partial charge < -0.3 is 0 Å². The van der Waals surface area contributed by atoms with Crippen molar-refractivity contribution in [3.05, 3.63) is 40.6 Å². The summed E-state index contributed by atoms with van der Waals surface area (Å²) in [4.78, 5) is 22.3. The van der Waals surface area contributed by atoms with Crippen molar-refractivity contribution in [2.24, 2.45) is 0 Å². The topological polar surface area (TPSA) is 55.7 Å². The van der Waals surface area contributed by atoms with E-state index in [1.807, 2.05) is 0 Å². The Labute approximate surface area is 116 Å². The van der Waals surface area contributed by atoms with Gasteiger partial charge in [-0.05, 0) is 13.0 Å². The van der Waals surface area contributed by atoms with Crippen LogP contribution in [0, 0.1) is 6.92 Å². The summed E-state index contributed by atoms with van der Waals surface area (Å²) >= 11 is 5.77. The van der Waals surface area contributed by atoms with Crippen LogP contribution in [0.4, 0.5) is 13.2 Å². The van der Waals surface area contributed by atoms with E-state index in [0.717, 1.165) is 18.5 Å². The van der Waals surface area contributed by atoms with E-state index in [4.69, 9.17) is 11.6 Å². The van der Waals surface area contributed by atoms with Crippen LogP contribution < -0.4 is 0 Å². The Balaban J connectivity index is 2.79. The van der Waals surface area contributed by atoms with Gasteiger partial charge in [-0.25, -0.2) is 9.97 Å². The molecule has 0 spiro atoms. The van der Waals surface area contributed by atoms with Gasteiger partial charge in [0.25, 0.3) is 0 Å². The number of aromatic nitrogens is 3. The first-order valence-electron chi connectivity index (χ1n) is 5.35. The number of carbonyl (C=O) groups excluding carboxylic acids is 1. The Kier molecular flexibility index (Phi) is 3.71. The zero-order chi connectivity index (χ0) is 14.9. The predicted molar refractivity (Wildman–Crippen MR) is 65.4 cm³/mol. The predicted octanol–water partition coefficient (Wildman–Crippen LogP) is 3.33. The maximum atomic E-state index is 13.0. The zero-order valence-corrected chi connectivity index (χ0v) is 10.8. The maximum Gasteiger partial charge on any atom is 0.417 e. The van der Waals surface area contributed by atoms with Crippen molar-refractivity contribution in [1.29, 1.82) is 0 Å². The molecule has 0 atom stereocenters. The molecule has 0 aliphatic carbocycles. The number of alkyl halides is 3. The lowest BCUT2D eigenvalue weighted by Crippen LogP contribution is -2.10. The van der Waals surface area contributed by atoms with Crippen molar-refractivity contribution in [1.82, 2.24) is 15.0 Å². The minimum atomic E-state index is -4.59. The lowest BCUT2D eigenvalue weighted by molar-refractivity contribution is -0.137. The molecule has 0 radical (unpaired) electrons. The van der Waals surface area contributed by atoms with Crippen LogP contribution in [0.15, 0.2) is 18.5 Å². The monoisotopic (exact) mass is 301 g/mol. The van der Waals surface area contributed by atoms with Crippen LogP contribution >= 0.6 is 11.6 Å². The molecule has 0 fully saturated rings. The molecule has 20 heavy (non-hydrogen) atoms. The van der Waals surface area contributed by atoms with Gasteiger partial charge in [-0.2, -0.15) is 13.2 Å². The Morgan fingerprint density at radius 3 is 2.60 bits per heavy atom. The molecule has 8 heteroatoms. The van der Waals surface area contributed by atoms with Crippen molar-refractivity contribution >= 4 is 17.9 Å². The summed E-state index contributed by atoms with van der Waals surface area (Å²) in [6.07, 6.45) is -2.26. The fourth-order valence-electron chi connectivity index (χ4n) is 1.69. The average molecular weight is 302 g/mol. The van der Waals surface area contributed by atoms with E-state index in [9.17, 15) is 18.0 Å². The van der Waals surface area contributed by atoms with E-state index in [1.54, 1.807) is 0 Å². The fourth-order valence-corrected chi connectivity index (χ4v) is 1.94. The van der Waals surface area contributed by atoms with Crippen LogP contribution in [-0.4, -0.2) is 21.2 Å². The fraction of sp³-hybridized carbons (Fsp3) is 0.167. The molecule has 2 aromatic heterocycles. The highest BCUT2D eigenvalue weighted by Gasteiger charge is 2.34. The molecule has 2 aromatic rings. The van der Waals surface area contributed by atoms with Crippen molar-refractivity contribution in [2.75, 3.05) is 0 Å². The van der Waals surface area contributed by atoms with Gasteiger partial charge in [0.15, 0.2) is 6.29 Å². The SMILES string of the molecule is Cc1nc(Cl)c(C=O)c(-c2cnccc2C(F)(F)F)n1. The number of aryl methyl sites for hydroxylation is 1. The first kappa shape index (κ1) is 14.4. The Morgan fingerprint density at radius 2 is 2.00 bits per heavy atom. The number of aldehydes is 1. The van der Waals surface area contributed by atoms with Crippen molar-refractivity contribution in [2.45, 2.75) is 13.1 Å². The van der Waals surface area contributed by atoms with E-state index >= 15 is 0 Å². The number of hydrogen-bond donors (Lipinski definition) is 0. The number of pyridine rings is 1. The normalized spacial score (nSPS) is 11.4. The smallest absolute Gasteiger partial charge is 0.298 e. The quantitative estimate of drug-likeness (QED) is 0.630. The summed E-state index contributed by atoms with van der Waals surface area (Å²) in [6.45, 7) is 1.47. The number of nitrogens with zero attached hydrogens (tertiary/aromatic N) is 3.